The minimum Gasteiger partial charge on any atom is -0.426 e. The van der Waals surface area contributed by atoms with E-state index in [1.54, 1.807) is 0 Å². The first-order valence-corrected chi connectivity index (χ1v) is 16.3. The lowest BCUT2D eigenvalue weighted by atomic mass is 9.88. The molecule has 1 N–H and O–H groups in total. The molecule has 0 aliphatic heterocycles. The Morgan fingerprint density at radius 3 is 1.55 bits per heavy atom. The van der Waals surface area contributed by atoms with Gasteiger partial charge in [0.2, 0.25) is 0 Å². The summed E-state index contributed by atoms with van der Waals surface area (Å²) in [5.74, 6) is 0.362. The normalized spacial score (nSPS) is 14.2. The minimum atomic E-state index is -0.920. The number of rotatable bonds is 14. The molecular weight excluding hydrogens is 548 g/mol. The van der Waals surface area contributed by atoms with Gasteiger partial charge in [-0.25, -0.2) is 0 Å². The molecule has 0 aliphatic rings. The largest absolute Gasteiger partial charge is 0.426 e. The predicted molar refractivity (Wildman–Crippen MR) is 184 cm³/mol. The minimum absolute atomic E-state index is 0.322. The number of aliphatic hydroxyl groups is 1. The third-order valence-corrected chi connectivity index (χ3v) is 8.14. The monoisotopic (exact) mass is 610 g/mol. The van der Waals surface area contributed by atoms with Gasteiger partial charge in [0.1, 0.15) is 11.5 Å². The second-order valence-electron chi connectivity index (χ2n) is 15.3. The summed E-state index contributed by atoms with van der Waals surface area (Å²) < 4.78 is 11.9. The third kappa shape index (κ3) is 13.1. The number of esters is 2. The summed E-state index contributed by atoms with van der Waals surface area (Å²) in [6, 6.07) is 0. The van der Waals surface area contributed by atoms with Crippen LogP contribution in [0, 0.1) is 31.6 Å². The fourth-order valence-electron chi connectivity index (χ4n) is 4.73. The summed E-state index contributed by atoms with van der Waals surface area (Å²) >= 11 is 0. The van der Waals surface area contributed by atoms with Gasteiger partial charge in [-0.15, -0.1) is 0 Å². The number of hydrogen-bond acceptors (Lipinski definition) is 5. The molecule has 44 heavy (non-hydrogen) atoms. The molecule has 0 unspecified atom stereocenters. The molecule has 1 aromatic carbocycles. The Labute approximate surface area is 269 Å². The molecule has 1 rings (SSSR count). The summed E-state index contributed by atoms with van der Waals surface area (Å²) in [5.41, 5.74) is 4.96. The molecule has 0 heterocycles. The van der Waals surface area contributed by atoms with E-state index in [2.05, 4.69) is 45.9 Å². The lowest BCUT2D eigenvalue weighted by molar-refractivity contribution is -0.144. The van der Waals surface area contributed by atoms with Crippen molar-refractivity contribution in [1.82, 2.24) is 0 Å². The number of ether oxygens (including phenoxy) is 2. The maximum Gasteiger partial charge on any atom is 0.316 e. The summed E-state index contributed by atoms with van der Waals surface area (Å²) in [7, 11) is 0. The molecule has 0 bridgehead atoms. The van der Waals surface area contributed by atoms with Crippen LogP contribution in [0.25, 0.3) is 0 Å². The fourth-order valence-corrected chi connectivity index (χ4v) is 4.73. The van der Waals surface area contributed by atoms with E-state index >= 15 is 0 Å². The van der Waals surface area contributed by atoms with Gasteiger partial charge < -0.3 is 14.6 Å². The Balaban J connectivity index is 3.10. The standard InChI is InChI=1S/C39H62O5/c1-26(2)18-15-19-27(3)20-16-21-28(4)22-17-24-39(14,42)25-23-32-31(7)33(43-35(40)37(8,9)10)29(5)30(6)34(32)44-36(41)38(11,12)13/h18,20,22,42H,15-17,19,21,23-25H2,1-14H3/b27-20+,28-22+/t39-/m1/s1. The molecule has 0 saturated carbocycles. The van der Waals surface area contributed by atoms with Gasteiger partial charge in [-0.2, -0.15) is 0 Å². The maximum absolute atomic E-state index is 13.0. The number of allylic oxidation sites excluding steroid dienone is 6. The van der Waals surface area contributed by atoms with Crippen LogP contribution in [-0.2, 0) is 16.0 Å². The zero-order chi connectivity index (χ0) is 34.0. The van der Waals surface area contributed by atoms with Crippen LogP contribution in [0.4, 0.5) is 0 Å². The zero-order valence-corrected chi connectivity index (χ0v) is 30.5. The van der Waals surface area contributed by atoms with Gasteiger partial charge in [0.15, 0.2) is 0 Å². The van der Waals surface area contributed by atoms with Crippen molar-refractivity contribution in [2.24, 2.45) is 10.8 Å². The predicted octanol–water partition coefficient (Wildman–Crippen LogP) is 10.4. The van der Waals surface area contributed by atoms with Gasteiger partial charge in [-0.3, -0.25) is 9.59 Å². The highest BCUT2D eigenvalue weighted by Crippen LogP contribution is 2.41. The van der Waals surface area contributed by atoms with Gasteiger partial charge in [-0.05, 0) is 165 Å². The number of carbonyl (C=O) groups excluding carboxylic acids is 2. The number of carbonyl (C=O) groups is 2. The summed E-state index contributed by atoms with van der Waals surface area (Å²) in [4.78, 5) is 25.8. The van der Waals surface area contributed by atoms with Gasteiger partial charge in [0, 0.05) is 5.56 Å². The molecular formula is C39H62O5. The first-order valence-electron chi connectivity index (χ1n) is 16.3. The van der Waals surface area contributed by atoms with Gasteiger partial charge in [0.05, 0.1) is 16.4 Å². The Hall–Kier alpha value is -2.66. The average molecular weight is 611 g/mol. The molecule has 0 saturated heterocycles. The smallest absolute Gasteiger partial charge is 0.316 e. The van der Waals surface area contributed by atoms with E-state index in [0.29, 0.717) is 30.8 Å². The van der Waals surface area contributed by atoms with E-state index in [-0.39, 0.29) is 11.9 Å². The van der Waals surface area contributed by atoms with Crippen molar-refractivity contribution in [2.75, 3.05) is 0 Å². The van der Waals surface area contributed by atoms with Crippen LogP contribution in [0.1, 0.15) is 143 Å². The van der Waals surface area contributed by atoms with E-state index < -0.39 is 16.4 Å². The second kappa shape index (κ2) is 16.6. The van der Waals surface area contributed by atoms with Gasteiger partial charge in [0.25, 0.3) is 0 Å². The van der Waals surface area contributed by atoms with Crippen LogP contribution in [0.3, 0.4) is 0 Å². The quantitative estimate of drug-likeness (QED) is 0.129. The van der Waals surface area contributed by atoms with Crippen LogP contribution < -0.4 is 9.47 Å². The zero-order valence-electron chi connectivity index (χ0n) is 30.5. The highest BCUT2D eigenvalue weighted by Gasteiger charge is 2.31. The van der Waals surface area contributed by atoms with Crippen LogP contribution >= 0.6 is 0 Å². The molecule has 0 aromatic heterocycles. The molecule has 5 heteroatoms. The molecule has 1 aromatic rings. The van der Waals surface area contributed by atoms with Crippen molar-refractivity contribution in [3.63, 3.8) is 0 Å². The molecule has 0 amide bonds. The van der Waals surface area contributed by atoms with Crippen LogP contribution in [-0.4, -0.2) is 22.6 Å². The Morgan fingerprint density at radius 1 is 0.636 bits per heavy atom. The highest BCUT2D eigenvalue weighted by molar-refractivity contribution is 5.81. The summed E-state index contributed by atoms with van der Waals surface area (Å²) in [6.07, 6.45) is 13.5. The fraction of sp³-hybridized carbons (Fsp3) is 0.641. The number of hydrogen-bond donors (Lipinski definition) is 1. The van der Waals surface area contributed by atoms with E-state index in [0.717, 1.165) is 54.4 Å². The molecule has 0 fully saturated rings. The Morgan fingerprint density at radius 2 is 1.07 bits per heavy atom. The highest BCUT2D eigenvalue weighted by atomic mass is 16.5. The SMILES string of the molecule is CC(C)=CCC/C(C)=C/CC/C(C)=C/CC[C@@](C)(O)CCc1c(C)c(OC(=O)C(C)(C)C)c(C)c(C)c1OC(=O)C(C)(C)C. The molecule has 0 spiro atoms. The first kappa shape index (κ1) is 39.4. The van der Waals surface area contributed by atoms with Crippen LogP contribution in [0.15, 0.2) is 34.9 Å². The van der Waals surface area contributed by atoms with E-state index in [9.17, 15) is 14.7 Å². The summed E-state index contributed by atoms with van der Waals surface area (Å²) in [6.45, 7) is 27.2. The molecule has 248 valence electrons. The van der Waals surface area contributed by atoms with E-state index in [4.69, 9.17) is 9.47 Å². The molecule has 0 radical (unpaired) electrons. The molecule has 0 aliphatic carbocycles. The third-order valence-electron chi connectivity index (χ3n) is 8.14. The van der Waals surface area contributed by atoms with Crippen LogP contribution in [0.5, 0.6) is 11.5 Å². The van der Waals surface area contributed by atoms with Gasteiger partial charge >= 0.3 is 11.9 Å². The van der Waals surface area contributed by atoms with Crippen molar-refractivity contribution in [2.45, 2.75) is 154 Å². The lowest BCUT2D eigenvalue weighted by Crippen LogP contribution is -2.28. The first-order chi connectivity index (χ1) is 20.1. The maximum atomic E-state index is 13.0. The Kier molecular flexibility index (Phi) is 14.8. The van der Waals surface area contributed by atoms with Crippen molar-refractivity contribution in [1.29, 1.82) is 0 Å². The van der Waals surface area contributed by atoms with E-state index in [1.807, 2.05) is 69.2 Å². The number of benzene rings is 1. The molecule has 1 atom stereocenters. The Bertz CT molecular complexity index is 1240. The van der Waals surface area contributed by atoms with Gasteiger partial charge in [-0.1, -0.05) is 34.9 Å². The topological polar surface area (TPSA) is 72.8 Å². The lowest BCUT2D eigenvalue weighted by Gasteiger charge is -2.27. The second-order valence-corrected chi connectivity index (χ2v) is 15.3. The summed E-state index contributed by atoms with van der Waals surface area (Å²) in [5, 5.41) is 11.4. The molecule has 5 nitrogen and oxygen atoms in total. The van der Waals surface area contributed by atoms with E-state index in [1.165, 1.54) is 16.7 Å². The van der Waals surface area contributed by atoms with Crippen molar-refractivity contribution in [3.8, 4) is 11.5 Å². The average Bonchev–Trinajstić information content (AvgIpc) is 2.87. The van der Waals surface area contributed by atoms with Crippen molar-refractivity contribution >= 4 is 11.9 Å². The van der Waals surface area contributed by atoms with Crippen molar-refractivity contribution < 1.29 is 24.2 Å². The van der Waals surface area contributed by atoms with Crippen molar-refractivity contribution in [3.05, 3.63) is 57.2 Å². The van der Waals surface area contributed by atoms with Crippen LogP contribution in [0.2, 0.25) is 0 Å².